The van der Waals surface area contributed by atoms with Gasteiger partial charge in [-0.3, -0.25) is 9.59 Å². The molecule has 0 rings (SSSR count). The first-order valence-electron chi connectivity index (χ1n) is 3.39. The highest BCUT2D eigenvalue weighted by Crippen LogP contribution is 2.00. The molecule has 0 radical (unpaired) electrons. The standard InChI is InChI=1S/C7H11FO3/c1-3-6(8)11-7(10)4-5(2)9/h6H,3-4H2,1-2H3. The minimum absolute atomic E-state index is 0.115. The van der Waals surface area contributed by atoms with E-state index in [4.69, 9.17) is 0 Å². The fourth-order valence-electron chi connectivity index (χ4n) is 0.471. The number of hydrogen-bond donors (Lipinski definition) is 0. The molecule has 0 saturated heterocycles. The van der Waals surface area contributed by atoms with Gasteiger partial charge in [0.05, 0.1) is 0 Å². The van der Waals surface area contributed by atoms with Gasteiger partial charge in [0.15, 0.2) is 0 Å². The summed E-state index contributed by atoms with van der Waals surface area (Å²) in [5.41, 5.74) is 0. The zero-order valence-corrected chi connectivity index (χ0v) is 6.59. The van der Waals surface area contributed by atoms with Gasteiger partial charge in [-0.05, 0) is 6.92 Å². The van der Waals surface area contributed by atoms with E-state index in [1.54, 1.807) is 6.92 Å². The van der Waals surface area contributed by atoms with Gasteiger partial charge < -0.3 is 4.74 Å². The van der Waals surface area contributed by atoms with Crippen LogP contribution in [0.2, 0.25) is 0 Å². The molecule has 0 aliphatic rings. The Hall–Kier alpha value is -0.930. The highest BCUT2D eigenvalue weighted by molar-refractivity contribution is 5.94. The number of ketones is 1. The van der Waals surface area contributed by atoms with Crippen LogP contribution in [0.4, 0.5) is 4.39 Å². The molecule has 0 amide bonds. The molecular weight excluding hydrogens is 151 g/mol. The molecular formula is C7H11FO3. The maximum atomic E-state index is 12.3. The van der Waals surface area contributed by atoms with Crippen molar-refractivity contribution in [2.24, 2.45) is 0 Å². The predicted molar refractivity (Wildman–Crippen MR) is 36.6 cm³/mol. The van der Waals surface area contributed by atoms with Crippen LogP contribution in [0, 0.1) is 0 Å². The summed E-state index contributed by atoms with van der Waals surface area (Å²) >= 11 is 0. The van der Waals surface area contributed by atoms with Gasteiger partial charge in [0.25, 0.3) is 0 Å². The van der Waals surface area contributed by atoms with Crippen molar-refractivity contribution >= 4 is 11.8 Å². The van der Waals surface area contributed by atoms with Gasteiger partial charge in [-0.2, -0.15) is 0 Å². The van der Waals surface area contributed by atoms with Crippen LogP contribution in [0.15, 0.2) is 0 Å². The number of alkyl halides is 1. The van der Waals surface area contributed by atoms with Crippen LogP contribution in [0.25, 0.3) is 0 Å². The molecule has 0 N–H and O–H groups in total. The SMILES string of the molecule is CCC(F)OC(=O)CC(C)=O. The van der Waals surface area contributed by atoms with Crippen molar-refractivity contribution in [1.29, 1.82) is 0 Å². The quantitative estimate of drug-likeness (QED) is 0.461. The Labute approximate surface area is 64.5 Å². The van der Waals surface area contributed by atoms with Crippen molar-refractivity contribution in [3.63, 3.8) is 0 Å². The number of esters is 1. The molecule has 0 saturated carbocycles. The fourth-order valence-corrected chi connectivity index (χ4v) is 0.471. The van der Waals surface area contributed by atoms with E-state index < -0.39 is 12.3 Å². The van der Waals surface area contributed by atoms with E-state index >= 15 is 0 Å². The molecule has 0 aliphatic carbocycles. The largest absolute Gasteiger partial charge is 0.431 e. The van der Waals surface area contributed by atoms with Crippen molar-refractivity contribution in [2.75, 3.05) is 0 Å². The topological polar surface area (TPSA) is 43.4 Å². The third kappa shape index (κ3) is 5.51. The van der Waals surface area contributed by atoms with Gasteiger partial charge in [-0.15, -0.1) is 0 Å². The number of carbonyl (C=O) groups excluding carboxylic acids is 2. The summed E-state index contributed by atoms with van der Waals surface area (Å²) in [6, 6.07) is 0. The third-order valence-corrected chi connectivity index (χ3v) is 0.974. The molecule has 0 spiro atoms. The van der Waals surface area contributed by atoms with E-state index in [1.807, 2.05) is 0 Å². The van der Waals surface area contributed by atoms with Crippen LogP contribution >= 0.6 is 0 Å². The van der Waals surface area contributed by atoms with Crippen LogP contribution in [0.1, 0.15) is 26.7 Å². The van der Waals surface area contributed by atoms with E-state index in [-0.39, 0.29) is 18.6 Å². The maximum absolute atomic E-state index is 12.3. The van der Waals surface area contributed by atoms with Crippen LogP contribution in [0.3, 0.4) is 0 Å². The second-order valence-corrected chi connectivity index (χ2v) is 2.19. The monoisotopic (exact) mass is 162 g/mol. The summed E-state index contributed by atoms with van der Waals surface area (Å²) in [6.45, 7) is 2.80. The van der Waals surface area contributed by atoms with Gasteiger partial charge in [0, 0.05) is 6.42 Å². The lowest BCUT2D eigenvalue weighted by molar-refractivity contribution is -0.158. The normalized spacial score (nSPS) is 12.3. The molecule has 0 fully saturated rings. The summed E-state index contributed by atoms with van der Waals surface area (Å²) in [5, 5.41) is 0. The first-order valence-corrected chi connectivity index (χ1v) is 3.39. The lowest BCUT2D eigenvalue weighted by Crippen LogP contribution is -2.14. The summed E-state index contributed by atoms with van der Waals surface area (Å²) < 4.78 is 16.5. The van der Waals surface area contributed by atoms with Gasteiger partial charge in [0.1, 0.15) is 12.2 Å². The Morgan fingerprint density at radius 2 is 2.09 bits per heavy atom. The number of carbonyl (C=O) groups is 2. The van der Waals surface area contributed by atoms with Gasteiger partial charge in [-0.1, -0.05) is 6.92 Å². The molecule has 0 aliphatic heterocycles. The molecule has 0 aromatic rings. The Bertz CT molecular complexity index is 156. The minimum atomic E-state index is -1.58. The molecule has 4 heteroatoms. The van der Waals surface area contributed by atoms with Crippen molar-refractivity contribution < 1.29 is 18.7 Å². The van der Waals surface area contributed by atoms with E-state index in [9.17, 15) is 14.0 Å². The van der Waals surface area contributed by atoms with Crippen LogP contribution in [-0.4, -0.2) is 18.1 Å². The molecule has 11 heavy (non-hydrogen) atoms. The smallest absolute Gasteiger partial charge is 0.315 e. The number of halogens is 1. The van der Waals surface area contributed by atoms with Gasteiger partial charge >= 0.3 is 5.97 Å². The van der Waals surface area contributed by atoms with Crippen molar-refractivity contribution in [1.82, 2.24) is 0 Å². The zero-order valence-electron chi connectivity index (χ0n) is 6.59. The van der Waals surface area contributed by atoms with E-state index in [1.165, 1.54) is 6.92 Å². The molecule has 0 heterocycles. The zero-order chi connectivity index (χ0) is 8.85. The van der Waals surface area contributed by atoms with Gasteiger partial charge in [-0.25, -0.2) is 4.39 Å². The molecule has 0 aromatic heterocycles. The van der Waals surface area contributed by atoms with Crippen LogP contribution in [-0.2, 0) is 14.3 Å². The average Bonchev–Trinajstić information content (AvgIpc) is 1.85. The maximum Gasteiger partial charge on any atom is 0.315 e. The van der Waals surface area contributed by atoms with Crippen molar-refractivity contribution in [3.8, 4) is 0 Å². The van der Waals surface area contributed by atoms with E-state index in [0.717, 1.165) is 0 Å². The second-order valence-electron chi connectivity index (χ2n) is 2.19. The highest BCUT2D eigenvalue weighted by Gasteiger charge is 2.11. The van der Waals surface area contributed by atoms with E-state index in [2.05, 4.69) is 4.74 Å². The lowest BCUT2D eigenvalue weighted by Gasteiger charge is -2.05. The van der Waals surface area contributed by atoms with Crippen LogP contribution in [0.5, 0.6) is 0 Å². The molecule has 0 aromatic carbocycles. The number of rotatable bonds is 4. The first kappa shape index (κ1) is 10.1. The molecule has 1 unspecified atom stereocenters. The number of Topliss-reactive ketones (excluding diaryl/α,β-unsaturated/α-hetero) is 1. The fraction of sp³-hybridized carbons (Fsp3) is 0.714. The first-order chi connectivity index (χ1) is 5.06. The molecule has 3 nitrogen and oxygen atoms in total. The molecule has 64 valence electrons. The Morgan fingerprint density at radius 3 is 2.45 bits per heavy atom. The predicted octanol–water partition coefficient (Wildman–Crippen LogP) is 1.21. The molecule has 1 atom stereocenters. The average molecular weight is 162 g/mol. The Balaban J connectivity index is 3.60. The Kier molecular flexibility index (Phi) is 4.41. The van der Waals surface area contributed by atoms with Crippen LogP contribution < -0.4 is 0 Å². The number of ether oxygens (including phenoxy) is 1. The summed E-state index contributed by atoms with van der Waals surface area (Å²) in [5.74, 6) is -1.12. The van der Waals surface area contributed by atoms with Crippen molar-refractivity contribution in [2.45, 2.75) is 33.0 Å². The highest BCUT2D eigenvalue weighted by atomic mass is 19.1. The van der Waals surface area contributed by atoms with Crippen molar-refractivity contribution in [3.05, 3.63) is 0 Å². The minimum Gasteiger partial charge on any atom is -0.431 e. The van der Waals surface area contributed by atoms with E-state index in [0.29, 0.717) is 0 Å². The molecule has 0 bridgehead atoms. The summed E-state index contributed by atoms with van der Waals surface area (Å²) in [6.07, 6.45) is -1.81. The summed E-state index contributed by atoms with van der Waals surface area (Å²) in [7, 11) is 0. The van der Waals surface area contributed by atoms with Gasteiger partial charge in [0.2, 0.25) is 6.36 Å². The number of hydrogen-bond acceptors (Lipinski definition) is 3. The summed E-state index contributed by atoms with van der Waals surface area (Å²) in [4.78, 5) is 20.8. The lowest BCUT2D eigenvalue weighted by atomic mass is 10.3. The third-order valence-electron chi connectivity index (χ3n) is 0.974. The second kappa shape index (κ2) is 4.82. The Morgan fingerprint density at radius 1 is 1.55 bits per heavy atom.